The van der Waals surface area contributed by atoms with Gasteiger partial charge in [0.15, 0.2) is 5.82 Å². The SMILES string of the molecule is Nc1c(NNC(=O)c2ccccc2)ncnc1Sc1cccc2cccnc12. The minimum atomic E-state index is -0.286. The van der Waals surface area contributed by atoms with Crippen molar-refractivity contribution in [3.05, 3.63) is 78.8 Å². The molecule has 0 saturated heterocycles. The number of nitrogen functional groups attached to an aromatic ring is 1. The van der Waals surface area contributed by atoms with E-state index in [1.807, 2.05) is 36.4 Å². The van der Waals surface area contributed by atoms with E-state index in [0.29, 0.717) is 22.1 Å². The van der Waals surface area contributed by atoms with Crippen molar-refractivity contribution >= 4 is 40.1 Å². The van der Waals surface area contributed by atoms with Crippen LogP contribution >= 0.6 is 11.8 Å². The van der Waals surface area contributed by atoms with Crippen LogP contribution in [0.2, 0.25) is 0 Å². The Bertz CT molecular complexity index is 1130. The van der Waals surface area contributed by atoms with Crippen molar-refractivity contribution in [3.63, 3.8) is 0 Å². The second-order valence-corrected chi connectivity index (χ2v) is 6.85. The molecule has 8 heteroatoms. The maximum atomic E-state index is 12.2. The first-order chi connectivity index (χ1) is 13.7. The van der Waals surface area contributed by atoms with E-state index >= 15 is 0 Å². The molecule has 0 spiro atoms. The van der Waals surface area contributed by atoms with Crippen LogP contribution in [-0.4, -0.2) is 20.9 Å². The van der Waals surface area contributed by atoms with Gasteiger partial charge in [-0.3, -0.25) is 20.6 Å². The molecule has 0 aliphatic rings. The third kappa shape index (κ3) is 3.72. The highest BCUT2D eigenvalue weighted by Gasteiger charge is 2.13. The highest BCUT2D eigenvalue weighted by Crippen LogP contribution is 2.35. The maximum absolute atomic E-state index is 12.2. The fourth-order valence-electron chi connectivity index (χ4n) is 2.60. The molecule has 0 aliphatic heterocycles. The minimum Gasteiger partial charge on any atom is -0.393 e. The van der Waals surface area contributed by atoms with Gasteiger partial charge in [-0.15, -0.1) is 0 Å². The van der Waals surface area contributed by atoms with Gasteiger partial charge >= 0.3 is 0 Å². The Balaban J connectivity index is 1.54. The van der Waals surface area contributed by atoms with E-state index in [2.05, 4.69) is 25.8 Å². The number of hydrogen-bond donors (Lipinski definition) is 3. The fraction of sp³-hybridized carbons (Fsp3) is 0. The number of nitrogens with zero attached hydrogens (tertiary/aromatic N) is 3. The van der Waals surface area contributed by atoms with Gasteiger partial charge in [-0.25, -0.2) is 9.97 Å². The number of amides is 1. The largest absolute Gasteiger partial charge is 0.393 e. The summed E-state index contributed by atoms with van der Waals surface area (Å²) in [6, 6.07) is 18.7. The van der Waals surface area contributed by atoms with Gasteiger partial charge < -0.3 is 5.73 Å². The number of nitrogens with one attached hydrogen (secondary N) is 2. The number of nitrogens with two attached hydrogens (primary N) is 1. The van der Waals surface area contributed by atoms with Crippen molar-refractivity contribution in [1.29, 1.82) is 0 Å². The lowest BCUT2D eigenvalue weighted by Gasteiger charge is -2.12. The van der Waals surface area contributed by atoms with Gasteiger partial charge in [0.05, 0.1) is 5.52 Å². The van der Waals surface area contributed by atoms with Gasteiger partial charge in [-0.1, -0.05) is 48.2 Å². The topological polar surface area (TPSA) is 106 Å². The van der Waals surface area contributed by atoms with E-state index in [1.54, 1.807) is 30.5 Å². The van der Waals surface area contributed by atoms with E-state index in [0.717, 1.165) is 15.8 Å². The highest BCUT2D eigenvalue weighted by atomic mass is 32.2. The zero-order valence-corrected chi connectivity index (χ0v) is 15.5. The average molecular weight is 388 g/mol. The third-order valence-electron chi connectivity index (χ3n) is 3.98. The normalized spacial score (nSPS) is 10.6. The molecule has 0 radical (unpaired) electrons. The minimum absolute atomic E-state index is 0.286. The molecule has 28 heavy (non-hydrogen) atoms. The average Bonchev–Trinajstić information content (AvgIpc) is 2.75. The van der Waals surface area contributed by atoms with Crippen molar-refractivity contribution in [2.75, 3.05) is 11.2 Å². The van der Waals surface area contributed by atoms with Gasteiger partial charge in [0.25, 0.3) is 5.91 Å². The lowest BCUT2D eigenvalue weighted by atomic mass is 10.2. The third-order valence-corrected chi connectivity index (χ3v) is 5.05. The molecule has 4 aromatic rings. The Labute approximate surface area is 165 Å². The monoisotopic (exact) mass is 388 g/mol. The summed E-state index contributed by atoms with van der Waals surface area (Å²) in [5.74, 6) is 0.0426. The summed E-state index contributed by atoms with van der Waals surface area (Å²) in [6.45, 7) is 0. The van der Waals surface area contributed by atoms with Gasteiger partial charge in [0.1, 0.15) is 17.0 Å². The number of pyridine rings is 1. The summed E-state index contributed by atoms with van der Waals surface area (Å²) in [4.78, 5) is 25.9. The van der Waals surface area contributed by atoms with Crippen LogP contribution in [0.1, 0.15) is 10.4 Å². The van der Waals surface area contributed by atoms with E-state index in [1.165, 1.54) is 18.1 Å². The molecule has 0 aliphatic carbocycles. The van der Waals surface area contributed by atoms with Gasteiger partial charge in [-0.2, -0.15) is 0 Å². The molecule has 2 aromatic heterocycles. The fourth-order valence-corrected chi connectivity index (χ4v) is 3.53. The number of hydrogen-bond acceptors (Lipinski definition) is 7. The lowest BCUT2D eigenvalue weighted by Crippen LogP contribution is -2.30. The first kappa shape index (κ1) is 17.7. The van der Waals surface area contributed by atoms with Crippen LogP contribution in [0.25, 0.3) is 10.9 Å². The van der Waals surface area contributed by atoms with Crippen LogP contribution in [0.4, 0.5) is 11.5 Å². The number of fused-ring (bicyclic) bond motifs is 1. The van der Waals surface area contributed by atoms with Crippen molar-refractivity contribution in [1.82, 2.24) is 20.4 Å². The predicted molar refractivity (Wildman–Crippen MR) is 110 cm³/mol. The summed E-state index contributed by atoms with van der Waals surface area (Å²) in [5.41, 5.74) is 13.3. The van der Waals surface area contributed by atoms with E-state index in [4.69, 9.17) is 5.73 Å². The predicted octanol–water partition coefficient (Wildman–Crippen LogP) is 3.52. The second kappa shape index (κ2) is 7.93. The van der Waals surface area contributed by atoms with Crippen LogP contribution in [0.5, 0.6) is 0 Å². The Hall–Kier alpha value is -3.65. The number of carbonyl (C=O) groups excluding carboxylic acids is 1. The van der Waals surface area contributed by atoms with Crippen LogP contribution in [0.3, 0.4) is 0 Å². The molecule has 0 bridgehead atoms. The maximum Gasteiger partial charge on any atom is 0.269 e. The van der Waals surface area contributed by atoms with E-state index in [-0.39, 0.29) is 5.91 Å². The number of benzene rings is 2. The summed E-state index contributed by atoms with van der Waals surface area (Å²) >= 11 is 1.40. The van der Waals surface area contributed by atoms with Crippen molar-refractivity contribution in [2.24, 2.45) is 0 Å². The summed E-state index contributed by atoms with van der Waals surface area (Å²) < 4.78 is 0. The van der Waals surface area contributed by atoms with Crippen LogP contribution < -0.4 is 16.6 Å². The molecule has 1 amide bonds. The lowest BCUT2D eigenvalue weighted by molar-refractivity contribution is 0.0962. The summed E-state index contributed by atoms with van der Waals surface area (Å²) in [7, 11) is 0. The van der Waals surface area contributed by atoms with Crippen LogP contribution in [-0.2, 0) is 0 Å². The Morgan fingerprint density at radius 2 is 1.75 bits per heavy atom. The number of carbonyl (C=O) groups is 1. The smallest absolute Gasteiger partial charge is 0.269 e. The molecule has 2 heterocycles. The Kier molecular flexibility index (Phi) is 5.03. The molecule has 4 N–H and O–H groups in total. The summed E-state index contributed by atoms with van der Waals surface area (Å²) in [5, 5.41) is 1.61. The molecular formula is C20H16N6OS. The highest BCUT2D eigenvalue weighted by molar-refractivity contribution is 7.99. The number of rotatable bonds is 5. The van der Waals surface area contributed by atoms with Crippen molar-refractivity contribution in [2.45, 2.75) is 9.92 Å². The van der Waals surface area contributed by atoms with Crippen LogP contribution in [0, 0.1) is 0 Å². The molecule has 0 atom stereocenters. The quantitative estimate of drug-likeness (QED) is 0.355. The molecule has 2 aromatic carbocycles. The Morgan fingerprint density at radius 1 is 0.929 bits per heavy atom. The molecule has 0 unspecified atom stereocenters. The molecule has 7 nitrogen and oxygen atoms in total. The van der Waals surface area contributed by atoms with Crippen molar-refractivity contribution < 1.29 is 4.79 Å². The standard InChI is InChI=1S/C20H16N6OS/c21-16-18(25-26-19(27)14-6-2-1-3-7-14)23-12-24-20(16)28-15-10-4-8-13-9-5-11-22-17(13)15/h1-12H,21H2,(H,26,27)(H,23,24,25). The van der Waals surface area contributed by atoms with E-state index < -0.39 is 0 Å². The second-order valence-electron chi connectivity index (χ2n) is 5.82. The van der Waals surface area contributed by atoms with Crippen LogP contribution in [0.15, 0.2) is 83.1 Å². The number of anilines is 2. The zero-order chi connectivity index (χ0) is 19.3. The molecule has 0 saturated carbocycles. The molecular weight excluding hydrogens is 372 g/mol. The first-order valence-electron chi connectivity index (χ1n) is 8.46. The zero-order valence-electron chi connectivity index (χ0n) is 14.7. The molecule has 0 fully saturated rings. The van der Waals surface area contributed by atoms with Gasteiger partial charge in [-0.05, 0) is 24.3 Å². The number of hydrazine groups is 1. The first-order valence-corrected chi connectivity index (χ1v) is 9.27. The molecule has 4 rings (SSSR count). The number of aromatic nitrogens is 3. The van der Waals surface area contributed by atoms with Gasteiger partial charge in [0, 0.05) is 22.0 Å². The van der Waals surface area contributed by atoms with Gasteiger partial charge in [0.2, 0.25) is 0 Å². The molecule has 138 valence electrons. The Morgan fingerprint density at radius 3 is 2.61 bits per heavy atom. The van der Waals surface area contributed by atoms with Crippen molar-refractivity contribution in [3.8, 4) is 0 Å². The van der Waals surface area contributed by atoms with E-state index in [9.17, 15) is 4.79 Å². The summed E-state index contributed by atoms with van der Waals surface area (Å²) in [6.07, 6.45) is 3.15. The number of para-hydroxylation sites is 1.